The van der Waals surface area contributed by atoms with Crippen molar-refractivity contribution in [2.45, 2.75) is 33.4 Å². The number of hydrogen-bond donors (Lipinski definition) is 1. The van der Waals surface area contributed by atoms with Crippen LogP contribution in [0.25, 0.3) is 0 Å². The lowest BCUT2D eigenvalue weighted by molar-refractivity contribution is 0.0940. The van der Waals surface area contributed by atoms with Gasteiger partial charge in [-0.3, -0.25) is 4.79 Å². The number of hydrogen-bond acceptors (Lipinski definition) is 5. The first-order chi connectivity index (χ1) is 12.0. The molecule has 2 heterocycles. The standard InChI is InChI=1S/C19H20N2O3S/c1-12-17(14(3)24-21-12)11-23-16-7-4-6-15(10-16)19(22)20-13(2)18-8-5-9-25-18/h4-10,13H,11H2,1-3H3,(H,20,22). The topological polar surface area (TPSA) is 64.4 Å². The molecule has 5 nitrogen and oxygen atoms in total. The zero-order chi connectivity index (χ0) is 17.8. The van der Waals surface area contributed by atoms with E-state index in [4.69, 9.17) is 9.26 Å². The van der Waals surface area contributed by atoms with Crippen LogP contribution >= 0.6 is 11.3 Å². The third-order valence-corrected chi connectivity index (χ3v) is 5.03. The van der Waals surface area contributed by atoms with Crippen molar-refractivity contribution < 1.29 is 14.1 Å². The zero-order valence-electron chi connectivity index (χ0n) is 14.4. The summed E-state index contributed by atoms with van der Waals surface area (Å²) in [5, 5.41) is 8.92. The van der Waals surface area contributed by atoms with E-state index in [0.29, 0.717) is 17.9 Å². The third kappa shape index (κ3) is 4.09. The van der Waals surface area contributed by atoms with Crippen LogP contribution in [0.3, 0.4) is 0 Å². The summed E-state index contributed by atoms with van der Waals surface area (Å²) in [6.07, 6.45) is 0. The Kier molecular flexibility index (Phi) is 5.19. The molecule has 3 rings (SSSR count). The number of nitrogens with one attached hydrogen (secondary N) is 1. The summed E-state index contributed by atoms with van der Waals surface area (Å²) in [6.45, 7) is 6.07. The maximum Gasteiger partial charge on any atom is 0.251 e. The summed E-state index contributed by atoms with van der Waals surface area (Å²) in [5.74, 6) is 1.26. The van der Waals surface area contributed by atoms with Crippen LogP contribution in [-0.4, -0.2) is 11.1 Å². The molecule has 1 unspecified atom stereocenters. The maximum atomic E-state index is 12.5. The fraction of sp³-hybridized carbons (Fsp3) is 0.263. The molecule has 0 aliphatic rings. The van der Waals surface area contributed by atoms with Crippen molar-refractivity contribution in [2.24, 2.45) is 0 Å². The minimum Gasteiger partial charge on any atom is -0.489 e. The number of aromatic nitrogens is 1. The molecule has 0 aliphatic carbocycles. The van der Waals surface area contributed by atoms with Gasteiger partial charge in [-0.05, 0) is 50.4 Å². The summed E-state index contributed by atoms with van der Waals surface area (Å²) >= 11 is 1.63. The van der Waals surface area contributed by atoms with Gasteiger partial charge in [0, 0.05) is 10.4 Å². The highest BCUT2D eigenvalue weighted by molar-refractivity contribution is 7.10. The Hall–Kier alpha value is -2.60. The number of amides is 1. The number of benzene rings is 1. The molecular formula is C19H20N2O3S. The van der Waals surface area contributed by atoms with Gasteiger partial charge in [-0.2, -0.15) is 0 Å². The molecule has 2 aromatic heterocycles. The van der Waals surface area contributed by atoms with E-state index < -0.39 is 0 Å². The highest BCUT2D eigenvalue weighted by atomic mass is 32.1. The molecule has 6 heteroatoms. The molecule has 25 heavy (non-hydrogen) atoms. The summed E-state index contributed by atoms with van der Waals surface area (Å²) in [5.41, 5.74) is 2.32. The first-order valence-corrected chi connectivity index (χ1v) is 8.91. The number of carbonyl (C=O) groups is 1. The van der Waals surface area contributed by atoms with Crippen LogP contribution in [0.4, 0.5) is 0 Å². The average molecular weight is 356 g/mol. The molecule has 1 atom stereocenters. The largest absolute Gasteiger partial charge is 0.489 e. The minimum absolute atomic E-state index is 0.0284. The van der Waals surface area contributed by atoms with Crippen molar-refractivity contribution >= 4 is 17.2 Å². The monoisotopic (exact) mass is 356 g/mol. The van der Waals surface area contributed by atoms with Crippen molar-refractivity contribution in [2.75, 3.05) is 0 Å². The third-order valence-electron chi connectivity index (χ3n) is 3.98. The fourth-order valence-electron chi connectivity index (χ4n) is 2.48. The Morgan fingerprint density at radius 1 is 1.32 bits per heavy atom. The lowest BCUT2D eigenvalue weighted by Gasteiger charge is -2.13. The first kappa shape index (κ1) is 17.2. The molecule has 1 aromatic carbocycles. The molecule has 0 bridgehead atoms. The average Bonchev–Trinajstić information content (AvgIpc) is 3.24. The summed E-state index contributed by atoms with van der Waals surface area (Å²) in [6, 6.07) is 11.1. The molecule has 0 spiro atoms. The van der Waals surface area contributed by atoms with Gasteiger partial charge in [0.15, 0.2) is 0 Å². The molecule has 130 valence electrons. The van der Waals surface area contributed by atoms with Gasteiger partial charge in [0.2, 0.25) is 0 Å². The van der Waals surface area contributed by atoms with Gasteiger partial charge in [0.05, 0.1) is 17.3 Å². The summed E-state index contributed by atoms with van der Waals surface area (Å²) in [4.78, 5) is 13.6. The predicted octanol–water partition coefficient (Wildman–Crippen LogP) is 4.42. The molecule has 0 fully saturated rings. The number of thiophene rings is 1. The Labute approximate surface area is 150 Å². The van der Waals surface area contributed by atoms with E-state index in [9.17, 15) is 4.79 Å². The highest BCUT2D eigenvalue weighted by Crippen LogP contribution is 2.21. The van der Waals surface area contributed by atoms with E-state index in [-0.39, 0.29) is 11.9 Å². The van der Waals surface area contributed by atoms with E-state index >= 15 is 0 Å². The zero-order valence-corrected chi connectivity index (χ0v) is 15.2. The Balaban J connectivity index is 1.65. The van der Waals surface area contributed by atoms with Crippen molar-refractivity contribution in [1.82, 2.24) is 10.5 Å². The SMILES string of the molecule is Cc1noc(C)c1COc1cccc(C(=O)NC(C)c2cccs2)c1. The normalized spacial score (nSPS) is 12.0. The second kappa shape index (κ2) is 7.53. The molecule has 1 N–H and O–H groups in total. The maximum absolute atomic E-state index is 12.5. The number of aryl methyl sites for hydroxylation is 2. The quantitative estimate of drug-likeness (QED) is 0.710. The van der Waals surface area contributed by atoms with Crippen molar-refractivity contribution in [1.29, 1.82) is 0 Å². The number of nitrogens with zero attached hydrogens (tertiary/aromatic N) is 1. The molecule has 0 saturated heterocycles. The minimum atomic E-state index is -0.122. The van der Waals surface area contributed by atoms with Gasteiger partial charge in [-0.1, -0.05) is 17.3 Å². The van der Waals surface area contributed by atoms with Crippen molar-refractivity contribution in [3.8, 4) is 5.75 Å². The van der Waals surface area contributed by atoms with Crippen molar-refractivity contribution in [3.05, 3.63) is 69.2 Å². The summed E-state index contributed by atoms with van der Waals surface area (Å²) < 4.78 is 10.9. The van der Waals surface area contributed by atoms with E-state index in [1.807, 2.05) is 50.4 Å². The van der Waals surface area contributed by atoms with Crippen LogP contribution in [0.1, 0.15) is 45.2 Å². The van der Waals surface area contributed by atoms with Gasteiger partial charge < -0.3 is 14.6 Å². The molecule has 0 radical (unpaired) electrons. The van der Waals surface area contributed by atoms with Crippen LogP contribution < -0.4 is 10.1 Å². The van der Waals surface area contributed by atoms with E-state index in [1.54, 1.807) is 23.5 Å². The van der Waals surface area contributed by atoms with Gasteiger partial charge in [-0.25, -0.2) is 0 Å². The smallest absolute Gasteiger partial charge is 0.251 e. The summed E-state index contributed by atoms with van der Waals surface area (Å²) in [7, 11) is 0. The van der Waals surface area contributed by atoms with Gasteiger partial charge >= 0.3 is 0 Å². The van der Waals surface area contributed by atoms with Gasteiger partial charge in [0.1, 0.15) is 18.1 Å². The second-order valence-electron chi connectivity index (χ2n) is 5.83. The highest BCUT2D eigenvalue weighted by Gasteiger charge is 2.14. The lowest BCUT2D eigenvalue weighted by Crippen LogP contribution is -2.26. The lowest BCUT2D eigenvalue weighted by atomic mass is 10.1. The first-order valence-electron chi connectivity index (χ1n) is 8.03. The molecule has 3 aromatic rings. The van der Waals surface area contributed by atoms with Crippen LogP contribution in [0, 0.1) is 13.8 Å². The van der Waals surface area contributed by atoms with Crippen LogP contribution in [0.5, 0.6) is 5.75 Å². The van der Waals surface area contributed by atoms with Crippen molar-refractivity contribution in [3.63, 3.8) is 0 Å². The molecule has 0 aliphatic heterocycles. The van der Waals surface area contributed by atoms with E-state index in [2.05, 4.69) is 10.5 Å². The number of carbonyl (C=O) groups excluding carboxylic acids is 1. The molecule has 0 saturated carbocycles. The molecule has 1 amide bonds. The van der Waals surface area contributed by atoms with Gasteiger partial charge in [0.25, 0.3) is 5.91 Å². The Bertz CT molecular complexity index is 836. The van der Waals surface area contributed by atoms with Crippen LogP contribution in [-0.2, 0) is 6.61 Å². The Morgan fingerprint density at radius 2 is 2.16 bits per heavy atom. The Morgan fingerprint density at radius 3 is 2.84 bits per heavy atom. The predicted molar refractivity (Wildman–Crippen MR) is 97.0 cm³/mol. The number of ether oxygens (including phenoxy) is 1. The fourth-order valence-corrected chi connectivity index (χ4v) is 3.21. The van der Waals surface area contributed by atoms with E-state index in [0.717, 1.165) is 21.9 Å². The number of rotatable bonds is 6. The second-order valence-corrected chi connectivity index (χ2v) is 6.81. The van der Waals surface area contributed by atoms with Crippen LogP contribution in [0.15, 0.2) is 46.3 Å². The van der Waals surface area contributed by atoms with E-state index in [1.165, 1.54) is 0 Å². The van der Waals surface area contributed by atoms with Gasteiger partial charge in [-0.15, -0.1) is 11.3 Å². The van der Waals surface area contributed by atoms with Crippen LogP contribution in [0.2, 0.25) is 0 Å². The molecular weight excluding hydrogens is 336 g/mol.